The van der Waals surface area contributed by atoms with Gasteiger partial charge in [0, 0.05) is 23.6 Å². The number of carboxylic acid groups (broad SMARTS) is 1. The maximum atomic E-state index is 13.0. The number of aromatic hydroxyl groups is 1. The van der Waals surface area contributed by atoms with Gasteiger partial charge >= 0.3 is 17.9 Å². The molecule has 2 aliphatic carbocycles. The molecule has 1 aliphatic heterocycles. The molecule has 2 aromatic rings. The summed E-state index contributed by atoms with van der Waals surface area (Å²) in [4.78, 5) is 39.2. The molecule has 224 valence electrons. The van der Waals surface area contributed by atoms with Crippen LogP contribution in [0, 0.1) is 0 Å². The highest BCUT2D eigenvalue weighted by molar-refractivity contribution is 5.87. The number of carboxylic acids is 1. The average Bonchev–Trinajstić information content (AvgIpc) is 3.32. The Labute approximate surface area is 241 Å². The van der Waals surface area contributed by atoms with E-state index in [0.717, 1.165) is 5.56 Å². The summed E-state index contributed by atoms with van der Waals surface area (Å²) in [6, 6.07) is 10.4. The molecule has 0 aromatic heterocycles. The predicted octanol–water partition coefficient (Wildman–Crippen LogP) is 0.940. The van der Waals surface area contributed by atoms with Gasteiger partial charge in [-0.3, -0.25) is 0 Å². The minimum Gasteiger partial charge on any atom is -0.504 e. The Balaban J connectivity index is 1.38. The Morgan fingerprint density at radius 1 is 1.10 bits per heavy atom. The summed E-state index contributed by atoms with van der Waals surface area (Å²) in [6.07, 6.45) is -5.80. The fourth-order valence-corrected chi connectivity index (χ4v) is 6.40. The minimum atomic E-state index is -2.46. The molecule has 0 spiro atoms. The van der Waals surface area contributed by atoms with Gasteiger partial charge in [0.2, 0.25) is 6.10 Å². The quantitative estimate of drug-likeness (QED) is 0.264. The molecule has 3 aliphatic rings. The highest BCUT2D eigenvalue weighted by Gasteiger charge is 2.68. The third-order valence-corrected chi connectivity index (χ3v) is 8.83. The van der Waals surface area contributed by atoms with Crippen molar-refractivity contribution in [2.75, 3.05) is 13.6 Å². The molecular weight excluding hydrogens is 550 g/mol. The zero-order chi connectivity index (χ0) is 30.6. The summed E-state index contributed by atoms with van der Waals surface area (Å²) in [6.45, 7) is 4.38. The molecular formula is C30H33NO11. The molecule has 0 radical (unpaired) electrons. The van der Waals surface area contributed by atoms with Crippen LogP contribution in [0.5, 0.6) is 11.5 Å². The number of esters is 2. The van der Waals surface area contributed by atoms with E-state index in [9.17, 15) is 39.9 Å². The largest absolute Gasteiger partial charge is 0.504 e. The number of phenolic OH excluding ortho intramolecular Hbond substituents is 1. The van der Waals surface area contributed by atoms with Crippen LogP contribution >= 0.6 is 0 Å². The summed E-state index contributed by atoms with van der Waals surface area (Å²) in [5, 5.41) is 53.2. The van der Waals surface area contributed by atoms with Crippen LogP contribution in [0.1, 0.15) is 43.1 Å². The summed E-state index contributed by atoms with van der Waals surface area (Å²) in [7, 11) is 1.89. The molecule has 0 saturated carbocycles. The summed E-state index contributed by atoms with van der Waals surface area (Å²) in [5.74, 6) is -4.57. The summed E-state index contributed by atoms with van der Waals surface area (Å²) >= 11 is 0. The van der Waals surface area contributed by atoms with E-state index in [1.54, 1.807) is 19.1 Å². The smallest absolute Gasteiger partial charge is 0.349 e. The lowest BCUT2D eigenvalue weighted by Gasteiger charge is -2.56. The van der Waals surface area contributed by atoms with Crippen molar-refractivity contribution in [1.82, 2.24) is 4.90 Å². The van der Waals surface area contributed by atoms with Gasteiger partial charge in [0.15, 0.2) is 29.8 Å². The van der Waals surface area contributed by atoms with Crippen LogP contribution in [0.3, 0.4) is 0 Å². The third-order valence-electron chi connectivity index (χ3n) is 8.83. The Morgan fingerprint density at radius 2 is 1.76 bits per heavy atom. The Bertz CT molecular complexity index is 1440. The van der Waals surface area contributed by atoms with Crippen molar-refractivity contribution >= 4 is 17.9 Å². The van der Waals surface area contributed by atoms with Crippen LogP contribution in [0.2, 0.25) is 0 Å². The van der Waals surface area contributed by atoms with Gasteiger partial charge in [-0.2, -0.15) is 0 Å². The van der Waals surface area contributed by atoms with Crippen LogP contribution in [0.25, 0.3) is 0 Å². The molecule has 5 N–H and O–H groups in total. The highest BCUT2D eigenvalue weighted by Crippen LogP contribution is 2.62. The molecule has 0 amide bonds. The van der Waals surface area contributed by atoms with E-state index < -0.39 is 53.3 Å². The van der Waals surface area contributed by atoms with Gasteiger partial charge in [-0.15, -0.1) is 0 Å². The van der Waals surface area contributed by atoms with Crippen molar-refractivity contribution < 1.29 is 54.1 Å². The third kappa shape index (κ3) is 4.42. The van der Waals surface area contributed by atoms with Crippen molar-refractivity contribution in [2.45, 2.75) is 68.2 Å². The monoisotopic (exact) mass is 583 g/mol. The lowest BCUT2D eigenvalue weighted by molar-refractivity contribution is -0.181. The molecule has 12 heteroatoms. The number of hydrogen-bond donors (Lipinski definition) is 5. The Kier molecular flexibility index (Phi) is 7.52. The van der Waals surface area contributed by atoms with Gasteiger partial charge in [-0.25, -0.2) is 14.4 Å². The standard InChI is InChI=1S/C30H33NO11/c1-4-31(3)19-14-16-10-11-17(32)24-20(16)29(2)25(41-24)18(12-13-30(19,29)39)40-27(37)21(33)22(34)28(38)42-23(26(35)36)15-8-6-5-7-9-15/h5-12,19,21-23,25,32-34,39H,4,13-14H2,1-3H3,(H,35,36)/t19-,21-,22-,23?,25+,29+,30-/m1/s1. The van der Waals surface area contributed by atoms with E-state index in [2.05, 4.69) is 0 Å². The predicted molar refractivity (Wildman–Crippen MR) is 144 cm³/mol. The van der Waals surface area contributed by atoms with Gasteiger partial charge in [0.1, 0.15) is 5.76 Å². The first kappa shape index (κ1) is 29.5. The fourth-order valence-electron chi connectivity index (χ4n) is 6.40. The number of carbonyl (C=O) groups is 3. The second-order valence-electron chi connectivity index (χ2n) is 11.1. The van der Waals surface area contributed by atoms with Crippen LogP contribution in [0.4, 0.5) is 0 Å². The Morgan fingerprint density at radius 3 is 2.40 bits per heavy atom. The first-order valence-corrected chi connectivity index (χ1v) is 13.6. The van der Waals surface area contributed by atoms with Crippen molar-refractivity contribution in [3.8, 4) is 11.5 Å². The van der Waals surface area contributed by atoms with Crippen molar-refractivity contribution in [3.63, 3.8) is 0 Å². The number of aliphatic hydroxyl groups excluding tert-OH is 2. The summed E-state index contributed by atoms with van der Waals surface area (Å²) in [5.41, 5.74) is -1.01. The number of phenols is 1. The number of likely N-dealkylation sites (N-methyl/N-ethyl adjacent to an activating group) is 1. The fraction of sp³-hybridized carbons (Fsp3) is 0.433. The summed E-state index contributed by atoms with van der Waals surface area (Å²) < 4.78 is 16.5. The average molecular weight is 584 g/mol. The highest BCUT2D eigenvalue weighted by atomic mass is 16.6. The molecule has 42 heavy (non-hydrogen) atoms. The number of hydrogen-bond acceptors (Lipinski definition) is 11. The lowest BCUT2D eigenvalue weighted by Crippen LogP contribution is -2.69. The van der Waals surface area contributed by atoms with Crippen molar-refractivity contribution in [3.05, 3.63) is 71.0 Å². The number of nitrogens with zero attached hydrogens (tertiary/aromatic N) is 1. The topological polar surface area (TPSA) is 183 Å². The van der Waals surface area contributed by atoms with Crippen LogP contribution in [0.15, 0.2) is 54.3 Å². The molecule has 5 rings (SSSR count). The van der Waals surface area contributed by atoms with Crippen LogP contribution in [-0.2, 0) is 35.7 Å². The van der Waals surface area contributed by atoms with E-state index in [1.807, 2.05) is 18.9 Å². The molecule has 0 fully saturated rings. The Hall–Kier alpha value is -3.97. The van der Waals surface area contributed by atoms with E-state index in [1.165, 1.54) is 36.4 Å². The van der Waals surface area contributed by atoms with Gasteiger partial charge in [-0.05, 0) is 44.6 Å². The van der Waals surface area contributed by atoms with Gasteiger partial charge in [0.25, 0.3) is 0 Å². The molecule has 12 nitrogen and oxygen atoms in total. The molecule has 2 aromatic carbocycles. The lowest BCUT2D eigenvalue weighted by atomic mass is 9.54. The van der Waals surface area contributed by atoms with E-state index in [0.29, 0.717) is 18.5 Å². The number of benzene rings is 2. The zero-order valence-electron chi connectivity index (χ0n) is 23.3. The minimum absolute atomic E-state index is 0.0353. The first-order valence-electron chi connectivity index (χ1n) is 13.6. The first-order chi connectivity index (χ1) is 19.8. The number of carbonyl (C=O) groups excluding carboxylic acids is 2. The second kappa shape index (κ2) is 10.7. The van der Waals surface area contributed by atoms with Gasteiger partial charge in [-0.1, -0.05) is 43.3 Å². The van der Waals surface area contributed by atoms with Gasteiger partial charge in [0.05, 0.1) is 11.0 Å². The normalized spacial score (nSPS) is 27.6. The van der Waals surface area contributed by atoms with Crippen molar-refractivity contribution in [1.29, 1.82) is 0 Å². The van der Waals surface area contributed by atoms with E-state index >= 15 is 0 Å². The number of aliphatic hydroxyl groups is 3. The molecule has 0 bridgehead atoms. The maximum Gasteiger partial charge on any atom is 0.349 e. The number of aliphatic carboxylic acids is 1. The molecule has 1 heterocycles. The molecule has 7 atom stereocenters. The zero-order valence-corrected chi connectivity index (χ0v) is 23.3. The second-order valence-corrected chi connectivity index (χ2v) is 11.1. The van der Waals surface area contributed by atoms with E-state index in [4.69, 9.17) is 14.2 Å². The number of rotatable bonds is 9. The molecule has 0 saturated heterocycles. The SMILES string of the molecule is CCN(C)[C@@H]1Cc2ccc(O)c3c2[C@@]2(C)[C@@H](O3)C(OC(=O)[C@H](O)[C@@H](O)C(=O)OC(C(=O)O)c3ccccc3)=CC[C@@]12O. The van der Waals surface area contributed by atoms with Crippen molar-refractivity contribution in [2.24, 2.45) is 0 Å². The van der Waals surface area contributed by atoms with Crippen LogP contribution in [-0.4, -0.2) is 91.9 Å². The van der Waals surface area contributed by atoms with Gasteiger partial charge < -0.3 is 44.6 Å². The van der Waals surface area contributed by atoms with E-state index in [-0.39, 0.29) is 35.3 Å². The maximum absolute atomic E-state index is 13.0. The number of ether oxygens (including phenoxy) is 3. The molecule has 1 unspecified atom stereocenters. The van der Waals surface area contributed by atoms with Crippen LogP contribution < -0.4 is 4.74 Å².